The summed E-state index contributed by atoms with van der Waals surface area (Å²) in [7, 11) is 5.50. The zero-order valence-electron chi connectivity index (χ0n) is 22.2. The fourth-order valence-electron chi connectivity index (χ4n) is 3.45. The highest BCUT2D eigenvalue weighted by Crippen LogP contribution is 2.40. The van der Waals surface area contributed by atoms with Gasteiger partial charge in [0.15, 0.2) is 5.75 Å². The lowest BCUT2D eigenvalue weighted by atomic mass is 10.2. The Morgan fingerprint density at radius 2 is 1.90 bits per heavy atom. The Labute approximate surface area is 244 Å². The summed E-state index contributed by atoms with van der Waals surface area (Å²) >= 11 is 9.53. The molecule has 0 saturated carbocycles. The van der Waals surface area contributed by atoms with E-state index in [0.29, 0.717) is 39.8 Å². The van der Waals surface area contributed by atoms with Crippen molar-refractivity contribution >= 4 is 68.0 Å². The number of carbonyl (C=O) groups excluding carboxylic acids is 1. The SMILES string of the molecule is C=CC(=O)Nc1cc(Nc2ncc(Br)c(Nc3cc(Cl)ccc3C)n2)c(OC(O)(F)F)cc1N(C)CCN(C)C. The maximum absolute atomic E-state index is 13.7. The maximum Gasteiger partial charge on any atom is 0.532 e. The highest BCUT2D eigenvalue weighted by molar-refractivity contribution is 9.10. The Balaban J connectivity index is 2.06. The van der Waals surface area contributed by atoms with Gasteiger partial charge in [0, 0.05) is 43.1 Å². The first-order valence-electron chi connectivity index (χ1n) is 11.8. The van der Waals surface area contributed by atoms with Gasteiger partial charge >= 0.3 is 6.29 Å². The minimum atomic E-state index is -4.49. The highest BCUT2D eigenvalue weighted by atomic mass is 79.9. The molecular formula is C26H29BrClF2N7O3. The number of hydrogen-bond donors (Lipinski definition) is 4. The van der Waals surface area contributed by atoms with E-state index >= 15 is 0 Å². The monoisotopic (exact) mass is 639 g/mol. The van der Waals surface area contributed by atoms with E-state index in [2.05, 4.69) is 53.2 Å². The number of benzene rings is 2. The lowest BCUT2D eigenvalue weighted by Gasteiger charge is -2.26. The van der Waals surface area contributed by atoms with E-state index in [1.807, 2.05) is 32.0 Å². The summed E-state index contributed by atoms with van der Waals surface area (Å²) in [4.78, 5) is 24.5. The van der Waals surface area contributed by atoms with E-state index in [1.165, 1.54) is 18.3 Å². The van der Waals surface area contributed by atoms with Crippen molar-refractivity contribution < 1.29 is 23.4 Å². The molecule has 3 aromatic rings. The van der Waals surface area contributed by atoms with Crippen LogP contribution in [0.1, 0.15) is 5.56 Å². The Hall–Kier alpha value is -3.52. The van der Waals surface area contributed by atoms with Crippen LogP contribution in [-0.4, -0.2) is 66.4 Å². The molecule has 0 aliphatic carbocycles. The Bertz CT molecular complexity index is 1390. The number of rotatable bonds is 12. The van der Waals surface area contributed by atoms with Gasteiger partial charge in [0.25, 0.3) is 0 Å². The summed E-state index contributed by atoms with van der Waals surface area (Å²) in [6, 6.07) is 7.98. The molecule has 0 radical (unpaired) electrons. The van der Waals surface area contributed by atoms with Gasteiger partial charge in [0.05, 0.1) is 21.5 Å². The van der Waals surface area contributed by atoms with E-state index in [-0.39, 0.29) is 17.3 Å². The zero-order chi connectivity index (χ0) is 29.6. The second-order valence-electron chi connectivity index (χ2n) is 8.97. The third-order valence-electron chi connectivity index (χ3n) is 5.51. The van der Waals surface area contributed by atoms with Gasteiger partial charge < -0.3 is 35.6 Å². The van der Waals surface area contributed by atoms with Crippen LogP contribution in [0.3, 0.4) is 0 Å². The minimum absolute atomic E-state index is 0.00574. The number of aryl methyl sites for hydroxylation is 1. The van der Waals surface area contributed by atoms with Crippen LogP contribution in [0.15, 0.2) is 53.7 Å². The second-order valence-corrected chi connectivity index (χ2v) is 10.3. The number of anilines is 6. The van der Waals surface area contributed by atoms with E-state index in [4.69, 9.17) is 16.7 Å². The summed E-state index contributed by atoms with van der Waals surface area (Å²) in [5.74, 6) is -0.565. The molecule has 10 nitrogen and oxygen atoms in total. The number of aromatic nitrogens is 2. The number of nitrogens with zero attached hydrogens (tertiary/aromatic N) is 4. The number of nitrogens with one attached hydrogen (secondary N) is 3. The largest absolute Gasteiger partial charge is 0.532 e. The predicted octanol–water partition coefficient (Wildman–Crippen LogP) is 5.73. The van der Waals surface area contributed by atoms with Gasteiger partial charge in [-0.15, -0.1) is 8.78 Å². The number of amides is 1. The van der Waals surface area contributed by atoms with Crippen molar-refractivity contribution in [2.24, 2.45) is 0 Å². The van der Waals surface area contributed by atoms with Crippen molar-refractivity contribution in [1.82, 2.24) is 14.9 Å². The first-order valence-corrected chi connectivity index (χ1v) is 13.0. The van der Waals surface area contributed by atoms with Crippen molar-refractivity contribution in [2.45, 2.75) is 13.2 Å². The summed E-state index contributed by atoms with van der Waals surface area (Å²) < 4.78 is 32.4. The molecule has 0 fully saturated rings. The van der Waals surface area contributed by atoms with Gasteiger partial charge in [0.2, 0.25) is 11.9 Å². The molecule has 0 unspecified atom stereocenters. The Morgan fingerprint density at radius 1 is 1.18 bits per heavy atom. The van der Waals surface area contributed by atoms with E-state index < -0.39 is 18.0 Å². The molecule has 40 heavy (non-hydrogen) atoms. The molecule has 1 heterocycles. The zero-order valence-corrected chi connectivity index (χ0v) is 24.6. The van der Waals surface area contributed by atoms with Gasteiger partial charge in [-0.3, -0.25) is 4.79 Å². The van der Waals surface area contributed by atoms with E-state index in [9.17, 15) is 13.6 Å². The molecule has 14 heteroatoms. The molecule has 214 valence electrons. The fourth-order valence-corrected chi connectivity index (χ4v) is 3.91. The molecule has 1 amide bonds. The summed E-state index contributed by atoms with van der Waals surface area (Å²) in [6.45, 7) is 6.47. The molecule has 2 aromatic carbocycles. The van der Waals surface area contributed by atoms with Crippen LogP contribution >= 0.6 is 27.5 Å². The first-order chi connectivity index (χ1) is 18.8. The molecule has 4 N–H and O–H groups in total. The Kier molecular flexibility index (Phi) is 10.3. The number of hydrogen-bond acceptors (Lipinski definition) is 9. The van der Waals surface area contributed by atoms with E-state index in [1.54, 1.807) is 24.1 Å². The van der Waals surface area contributed by atoms with Crippen LogP contribution in [0.25, 0.3) is 0 Å². The van der Waals surface area contributed by atoms with Crippen LogP contribution in [0.4, 0.5) is 43.3 Å². The first kappa shape index (κ1) is 31.0. The second kappa shape index (κ2) is 13.2. The van der Waals surface area contributed by atoms with Gasteiger partial charge in [-0.1, -0.05) is 24.2 Å². The molecule has 0 aliphatic heterocycles. The van der Waals surface area contributed by atoms with Gasteiger partial charge in [-0.25, -0.2) is 4.98 Å². The number of alkyl halides is 2. The van der Waals surface area contributed by atoms with E-state index in [0.717, 1.165) is 11.6 Å². The summed E-state index contributed by atoms with van der Waals surface area (Å²) in [6.07, 6.45) is -1.95. The molecule has 0 saturated heterocycles. The van der Waals surface area contributed by atoms with Crippen molar-refractivity contribution in [3.05, 3.63) is 64.2 Å². The van der Waals surface area contributed by atoms with Gasteiger partial charge in [-0.05, 0) is 66.8 Å². The van der Waals surface area contributed by atoms with Gasteiger partial charge in [-0.2, -0.15) is 4.98 Å². The average molecular weight is 641 g/mol. The number of halogens is 4. The standard InChI is InChI=1S/C26H29BrClF2N7O3/c1-6-23(38)32-19-12-20(22(40-26(29,30)39)13-21(19)37(5)10-9-36(3)4)34-25-31-14-17(27)24(35-25)33-18-11-16(28)8-7-15(18)2/h6-8,11-14,39H,1,9-10H2,2-5H3,(H,32,38)(H2,31,33,34,35). The van der Waals surface area contributed by atoms with Crippen molar-refractivity contribution in [1.29, 1.82) is 0 Å². The smallest absolute Gasteiger partial charge is 0.407 e. The maximum atomic E-state index is 13.7. The van der Waals surface area contributed by atoms with Crippen molar-refractivity contribution in [3.63, 3.8) is 0 Å². The highest BCUT2D eigenvalue weighted by Gasteiger charge is 2.30. The molecule has 0 bridgehead atoms. The number of likely N-dealkylation sites (N-methyl/N-ethyl adjacent to an activating group) is 2. The molecule has 0 aliphatic rings. The van der Waals surface area contributed by atoms with Crippen LogP contribution in [0, 0.1) is 6.92 Å². The number of carbonyl (C=O) groups is 1. The topological polar surface area (TPSA) is 115 Å². The predicted molar refractivity (Wildman–Crippen MR) is 157 cm³/mol. The minimum Gasteiger partial charge on any atom is -0.407 e. The fraction of sp³-hybridized carbons (Fsp3) is 0.269. The lowest BCUT2D eigenvalue weighted by molar-refractivity contribution is -0.327. The third kappa shape index (κ3) is 8.74. The molecule has 1 aromatic heterocycles. The van der Waals surface area contributed by atoms with Gasteiger partial charge in [0.1, 0.15) is 5.82 Å². The molecule has 0 atom stereocenters. The molecular weight excluding hydrogens is 612 g/mol. The lowest BCUT2D eigenvalue weighted by Crippen LogP contribution is -2.29. The van der Waals surface area contributed by atoms with Crippen LogP contribution < -0.4 is 25.6 Å². The normalized spacial score (nSPS) is 11.2. The van der Waals surface area contributed by atoms with Crippen LogP contribution in [-0.2, 0) is 4.79 Å². The molecule has 3 rings (SSSR count). The number of ether oxygens (including phenoxy) is 1. The summed E-state index contributed by atoms with van der Waals surface area (Å²) in [5.41, 5.74) is 2.18. The van der Waals surface area contributed by atoms with Crippen LogP contribution in [0.5, 0.6) is 5.75 Å². The quantitative estimate of drug-likeness (QED) is 0.146. The number of aliphatic hydroxyl groups is 1. The summed E-state index contributed by atoms with van der Waals surface area (Å²) in [5, 5.41) is 18.4. The van der Waals surface area contributed by atoms with Crippen molar-refractivity contribution in [2.75, 3.05) is 55.1 Å². The third-order valence-corrected chi connectivity index (χ3v) is 6.33. The van der Waals surface area contributed by atoms with Crippen molar-refractivity contribution in [3.8, 4) is 5.75 Å². The van der Waals surface area contributed by atoms with Crippen LogP contribution in [0.2, 0.25) is 5.02 Å². The average Bonchev–Trinajstić information content (AvgIpc) is 2.87. The Morgan fingerprint density at radius 3 is 2.55 bits per heavy atom. The molecule has 0 spiro atoms.